The fourth-order valence-electron chi connectivity index (χ4n) is 2.14. The van der Waals surface area contributed by atoms with Gasteiger partial charge in [-0.25, -0.2) is 0 Å². The fraction of sp³-hybridized carbons (Fsp3) is 0.357. The maximum atomic E-state index is 12.5. The van der Waals surface area contributed by atoms with Crippen LogP contribution in [0.15, 0.2) is 29.8 Å². The lowest BCUT2D eigenvalue weighted by Gasteiger charge is -2.27. The molecule has 1 aromatic rings. The Balaban J connectivity index is 2.14. The number of amides is 1. The van der Waals surface area contributed by atoms with Gasteiger partial charge in [-0.15, -0.1) is 0 Å². The van der Waals surface area contributed by atoms with Crippen LogP contribution in [0.5, 0.6) is 5.75 Å². The third-order valence-corrected chi connectivity index (χ3v) is 3.34. The third kappa shape index (κ3) is 3.29. The molecule has 0 aliphatic carbocycles. The van der Waals surface area contributed by atoms with E-state index in [4.69, 9.17) is 10.5 Å². The Morgan fingerprint density at radius 3 is 2.62 bits per heavy atom. The highest BCUT2D eigenvalue weighted by Crippen LogP contribution is 2.31. The van der Waals surface area contributed by atoms with E-state index in [1.54, 1.807) is 0 Å². The van der Waals surface area contributed by atoms with Crippen molar-refractivity contribution in [3.05, 3.63) is 35.4 Å². The van der Waals surface area contributed by atoms with Crippen LogP contribution in [0.25, 0.3) is 0 Å². The number of alkyl halides is 3. The summed E-state index contributed by atoms with van der Waals surface area (Å²) in [6, 6.07) is 4.55. The molecule has 7 heteroatoms. The number of nitrogens with two attached hydrogens (primary N) is 1. The SMILES string of the molecule is COc1cc(C(=O)N2CC=C(C(F)(F)F)CC2)ccc1N. The van der Waals surface area contributed by atoms with Gasteiger partial charge in [-0.1, -0.05) is 6.08 Å². The first kappa shape index (κ1) is 15.2. The lowest BCUT2D eigenvalue weighted by molar-refractivity contribution is -0.0957. The standard InChI is InChI=1S/C14H15F3N2O2/c1-21-12-8-9(2-3-11(12)18)13(20)19-6-4-10(5-7-19)14(15,16)17/h2-4,8H,5-7,18H2,1H3. The van der Waals surface area contributed by atoms with Crippen molar-refractivity contribution in [2.75, 3.05) is 25.9 Å². The zero-order valence-electron chi connectivity index (χ0n) is 11.4. The Kier molecular flexibility index (Phi) is 4.11. The summed E-state index contributed by atoms with van der Waals surface area (Å²) in [4.78, 5) is 13.6. The Morgan fingerprint density at radius 2 is 2.10 bits per heavy atom. The van der Waals surface area contributed by atoms with Gasteiger partial charge in [0, 0.05) is 24.2 Å². The summed E-state index contributed by atoms with van der Waals surface area (Å²) in [6.07, 6.45) is -3.46. The molecule has 1 aliphatic rings. The highest BCUT2D eigenvalue weighted by molar-refractivity contribution is 5.95. The minimum atomic E-state index is -4.32. The minimum Gasteiger partial charge on any atom is -0.495 e. The summed E-state index contributed by atoms with van der Waals surface area (Å²) in [7, 11) is 1.43. The van der Waals surface area contributed by atoms with E-state index in [-0.39, 0.29) is 25.4 Å². The number of halogens is 3. The van der Waals surface area contributed by atoms with Crippen LogP contribution in [0.4, 0.5) is 18.9 Å². The summed E-state index contributed by atoms with van der Waals surface area (Å²) >= 11 is 0. The molecule has 0 saturated heterocycles. The maximum Gasteiger partial charge on any atom is 0.412 e. The average Bonchev–Trinajstić information content (AvgIpc) is 2.46. The zero-order valence-corrected chi connectivity index (χ0v) is 11.4. The molecule has 0 fully saturated rings. The van der Waals surface area contributed by atoms with Crippen molar-refractivity contribution in [2.24, 2.45) is 0 Å². The molecule has 0 aromatic heterocycles. The molecule has 1 heterocycles. The maximum absolute atomic E-state index is 12.5. The van der Waals surface area contributed by atoms with Gasteiger partial charge >= 0.3 is 6.18 Å². The second-order valence-corrected chi connectivity index (χ2v) is 4.69. The molecule has 1 aliphatic heterocycles. The number of benzene rings is 1. The molecule has 114 valence electrons. The number of anilines is 1. The van der Waals surface area contributed by atoms with Crippen LogP contribution < -0.4 is 10.5 Å². The van der Waals surface area contributed by atoms with Gasteiger partial charge in [0.05, 0.1) is 12.8 Å². The Morgan fingerprint density at radius 1 is 1.38 bits per heavy atom. The first-order chi connectivity index (χ1) is 9.82. The summed E-state index contributed by atoms with van der Waals surface area (Å²) in [5, 5.41) is 0. The van der Waals surface area contributed by atoms with Gasteiger partial charge in [-0.2, -0.15) is 13.2 Å². The molecule has 4 nitrogen and oxygen atoms in total. The van der Waals surface area contributed by atoms with Crippen molar-refractivity contribution in [1.29, 1.82) is 0 Å². The van der Waals surface area contributed by atoms with Crippen molar-refractivity contribution in [2.45, 2.75) is 12.6 Å². The molecule has 0 atom stereocenters. The predicted molar refractivity (Wildman–Crippen MR) is 72.1 cm³/mol. The highest BCUT2D eigenvalue weighted by atomic mass is 19.4. The average molecular weight is 300 g/mol. The first-order valence-electron chi connectivity index (χ1n) is 6.32. The molecule has 1 amide bonds. The van der Waals surface area contributed by atoms with E-state index >= 15 is 0 Å². The Bertz CT molecular complexity index is 582. The van der Waals surface area contributed by atoms with Crippen molar-refractivity contribution in [3.63, 3.8) is 0 Å². The quantitative estimate of drug-likeness (QED) is 0.675. The molecule has 0 radical (unpaired) electrons. The van der Waals surface area contributed by atoms with Gasteiger partial charge in [-0.3, -0.25) is 4.79 Å². The number of nitrogen functional groups attached to an aromatic ring is 1. The molecule has 0 spiro atoms. The van der Waals surface area contributed by atoms with Crippen LogP contribution in [0.1, 0.15) is 16.8 Å². The van der Waals surface area contributed by atoms with Crippen LogP contribution in [-0.2, 0) is 0 Å². The second-order valence-electron chi connectivity index (χ2n) is 4.69. The topological polar surface area (TPSA) is 55.6 Å². The van der Waals surface area contributed by atoms with Crippen LogP contribution in [-0.4, -0.2) is 37.2 Å². The van der Waals surface area contributed by atoms with E-state index < -0.39 is 11.7 Å². The molecule has 2 N–H and O–H groups in total. The van der Waals surface area contributed by atoms with Crippen LogP contribution in [0.2, 0.25) is 0 Å². The van der Waals surface area contributed by atoms with Crippen LogP contribution >= 0.6 is 0 Å². The van der Waals surface area contributed by atoms with Gasteiger partial charge < -0.3 is 15.4 Å². The predicted octanol–water partition coefficient (Wildman–Crippen LogP) is 2.61. The van der Waals surface area contributed by atoms with E-state index in [1.165, 1.54) is 30.2 Å². The van der Waals surface area contributed by atoms with E-state index in [1.807, 2.05) is 0 Å². The van der Waals surface area contributed by atoms with E-state index in [9.17, 15) is 18.0 Å². The number of methoxy groups -OCH3 is 1. The number of carbonyl (C=O) groups is 1. The van der Waals surface area contributed by atoms with Gasteiger partial charge in [-0.05, 0) is 24.6 Å². The van der Waals surface area contributed by atoms with Gasteiger partial charge in [0.25, 0.3) is 5.91 Å². The van der Waals surface area contributed by atoms with Crippen molar-refractivity contribution >= 4 is 11.6 Å². The molecule has 1 aromatic carbocycles. The van der Waals surface area contributed by atoms with Crippen LogP contribution in [0, 0.1) is 0 Å². The first-order valence-corrected chi connectivity index (χ1v) is 6.32. The van der Waals surface area contributed by atoms with Crippen molar-refractivity contribution in [3.8, 4) is 5.75 Å². The van der Waals surface area contributed by atoms with Gasteiger partial charge in [0.15, 0.2) is 0 Å². The van der Waals surface area contributed by atoms with Crippen LogP contribution in [0.3, 0.4) is 0 Å². The molecule has 0 bridgehead atoms. The number of rotatable bonds is 2. The molecule has 2 rings (SSSR count). The summed E-state index contributed by atoms with van der Waals surface area (Å²) in [6.45, 7) is -0.0166. The summed E-state index contributed by atoms with van der Waals surface area (Å²) in [5.74, 6) is 0.0233. The molecular weight excluding hydrogens is 285 g/mol. The zero-order chi connectivity index (χ0) is 15.6. The van der Waals surface area contributed by atoms with E-state index in [0.717, 1.165) is 6.08 Å². The summed E-state index contributed by atoms with van der Waals surface area (Å²) in [5.41, 5.74) is 5.81. The molecule has 0 unspecified atom stereocenters. The largest absolute Gasteiger partial charge is 0.495 e. The van der Waals surface area contributed by atoms with E-state index in [0.29, 0.717) is 17.0 Å². The normalized spacial score (nSPS) is 15.6. The van der Waals surface area contributed by atoms with Gasteiger partial charge in [0.1, 0.15) is 5.75 Å². The molecule has 21 heavy (non-hydrogen) atoms. The highest BCUT2D eigenvalue weighted by Gasteiger charge is 2.35. The number of ether oxygens (including phenoxy) is 1. The monoisotopic (exact) mass is 300 g/mol. The van der Waals surface area contributed by atoms with Gasteiger partial charge in [0.2, 0.25) is 0 Å². The number of nitrogens with zero attached hydrogens (tertiary/aromatic N) is 1. The Labute approximate surface area is 120 Å². The summed E-state index contributed by atoms with van der Waals surface area (Å²) < 4.78 is 42.6. The third-order valence-electron chi connectivity index (χ3n) is 3.34. The van der Waals surface area contributed by atoms with Crippen molar-refractivity contribution < 1.29 is 22.7 Å². The second kappa shape index (κ2) is 5.67. The smallest absolute Gasteiger partial charge is 0.412 e. The number of hydrogen-bond donors (Lipinski definition) is 1. The minimum absolute atomic E-state index is 0.0386. The molecular formula is C14H15F3N2O2. The van der Waals surface area contributed by atoms with E-state index in [2.05, 4.69) is 0 Å². The lowest BCUT2D eigenvalue weighted by Crippen LogP contribution is -2.36. The van der Waals surface area contributed by atoms with Crippen molar-refractivity contribution in [1.82, 2.24) is 4.90 Å². The molecule has 0 saturated carbocycles. The number of carbonyl (C=O) groups excluding carboxylic acids is 1. The fourth-order valence-corrected chi connectivity index (χ4v) is 2.14. The lowest BCUT2D eigenvalue weighted by atomic mass is 10.1. The number of hydrogen-bond acceptors (Lipinski definition) is 3. The Hall–Kier alpha value is -2.18.